The molecule has 0 saturated carbocycles. The van der Waals surface area contributed by atoms with Crippen LogP contribution in [-0.2, 0) is 19.1 Å². The molecule has 3 atom stereocenters. The standard InChI is InChI=1S/C13H15Cl3O4/c1-8(17)6-4-3-5-7-10-9(2)11(18)20-12(19-10)13(14,15)16/h3-5,7,9-10,12H,6H2,1-2H3. The van der Waals surface area contributed by atoms with Crippen LogP contribution in [0, 0.1) is 5.92 Å². The number of alkyl halides is 3. The van der Waals surface area contributed by atoms with Gasteiger partial charge in [0, 0.05) is 6.42 Å². The fraction of sp³-hybridized carbons (Fsp3) is 0.538. The van der Waals surface area contributed by atoms with Crippen LogP contribution in [-0.4, -0.2) is 27.9 Å². The summed E-state index contributed by atoms with van der Waals surface area (Å²) in [4.78, 5) is 22.4. The van der Waals surface area contributed by atoms with Gasteiger partial charge in [0.1, 0.15) is 5.78 Å². The minimum atomic E-state index is -1.84. The summed E-state index contributed by atoms with van der Waals surface area (Å²) in [5.41, 5.74) is 0. The largest absolute Gasteiger partial charge is 0.431 e. The lowest BCUT2D eigenvalue weighted by molar-refractivity contribution is -0.219. The third-order valence-electron chi connectivity index (χ3n) is 2.59. The van der Waals surface area contributed by atoms with E-state index in [1.807, 2.05) is 0 Å². The molecule has 4 nitrogen and oxygen atoms in total. The molecule has 0 spiro atoms. The van der Waals surface area contributed by atoms with Crippen LogP contribution < -0.4 is 0 Å². The number of ketones is 1. The first-order valence-corrected chi connectivity index (χ1v) is 7.10. The number of carbonyl (C=O) groups is 2. The lowest BCUT2D eigenvalue weighted by Crippen LogP contribution is -2.46. The van der Waals surface area contributed by atoms with Crippen LogP contribution in [0.2, 0.25) is 0 Å². The molecule has 1 saturated heterocycles. The highest BCUT2D eigenvalue weighted by molar-refractivity contribution is 6.68. The molecule has 0 aromatic carbocycles. The third kappa shape index (κ3) is 5.44. The Hall–Kier alpha value is -0.550. The van der Waals surface area contributed by atoms with Crippen molar-refractivity contribution >= 4 is 46.6 Å². The first-order chi connectivity index (χ1) is 9.21. The first kappa shape index (κ1) is 17.5. The minimum Gasteiger partial charge on any atom is -0.431 e. The van der Waals surface area contributed by atoms with Gasteiger partial charge in [-0.3, -0.25) is 9.59 Å². The molecule has 112 valence electrons. The molecule has 1 fully saturated rings. The molecule has 0 N–H and O–H groups in total. The number of carbonyl (C=O) groups excluding carboxylic acids is 2. The number of halogens is 3. The van der Waals surface area contributed by atoms with E-state index in [9.17, 15) is 9.59 Å². The van der Waals surface area contributed by atoms with Gasteiger partial charge in [-0.05, 0) is 13.8 Å². The van der Waals surface area contributed by atoms with Crippen molar-refractivity contribution in [2.24, 2.45) is 5.92 Å². The average Bonchev–Trinajstić information content (AvgIpc) is 2.31. The maximum atomic E-state index is 11.7. The zero-order valence-corrected chi connectivity index (χ0v) is 13.3. The van der Waals surface area contributed by atoms with Crippen molar-refractivity contribution in [1.29, 1.82) is 0 Å². The van der Waals surface area contributed by atoms with Crippen LogP contribution in [0.5, 0.6) is 0 Å². The van der Waals surface area contributed by atoms with E-state index in [2.05, 4.69) is 0 Å². The second-order valence-corrected chi connectivity index (χ2v) is 6.79. The first-order valence-electron chi connectivity index (χ1n) is 5.97. The van der Waals surface area contributed by atoms with Crippen LogP contribution in [0.1, 0.15) is 20.3 Å². The lowest BCUT2D eigenvalue weighted by Gasteiger charge is -2.35. The summed E-state index contributed by atoms with van der Waals surface area (Å²) in [6.45, 7) is 3.16. The second kappa shape index (κ2) is 7.46. The Morgan fingerprint density at radius 3 is 2.55 bits per heavy atom. The van der Waals surface area contributed by atoms with Crippen molar-refractivity contribution < 1.29 is 19.1 Å². The van der Waals surface area contributed by atoms with Gasteiger partial charge in [0.15, 0.2) is 0 Å². The summed E-state index contributed by atoms with van der Waals surface area (Å²) in [5.74, 6) is -0.928. The van der Waals surface area contributed by atoms with E-state index in [0.717, 1.165) is 0 Å². The predicted octanol–water partition coefficient (Wildman–Crippen LogP) is 3.35. The van der Waals surface area contributed by atoms with Gasteiger partial charge in [0.25, 0.3) is 10.1 Å². The molecule has 3 unspecified atom stereocenters. The van der Waals surface area contributed by atoms with Gasteiger partial charge in [-0.1, -0.05) is 59.1 Å². The van der Waals surface area contributed by atoms with E-state index in [1.165, 1.54) is 6.92 Å². The summed E-state index contributed by atoms with van der Waals surface area (Å²) >= 11 is 17.0. The zero-order chi connectivity index (χ0) is 15.3. The molecule has 0 radical (unpaired) electrons. The molecule has 1 aliphatic rings. The Balaban J connectivity index is 2.67. The number of ether oxygens (including phenoxy) is 2. The maximum absolute atomic E-state index is 11.7. The normalized spacial score (nSPS) is 28.1. The molecule has 0 amide bonds. The van der Waals surface area contributed by atoms with E-state index < -0.39 is 28.1 Å². The molecular formula is C13H15Cl3O4. The van der Waals surface area contributed by atoms with Crippen molar-refractivity contribution in [1.82, 2.24) is 0 Å². The number of rotatable bonds is 4. The molecule has 1 rings (SSSR count). The topological polar surface area (TPSA) is 52.6 Å². The maximum Gasteiger partial charge on any atom is 0.314 e. The molecule has 0 aromatic heterocycles. The van der Waals surface area contributed by atoms with Crippen molar-refractivity contribution in [2.45, 2.75) is 36.5 Å². The van der Waals surface area contributed by atoms with Gasteiger partial charge in [-0.2, -0.15) is 0 Å². The van der Waals surface area contributed by atoms with E-state index in [4.69, 9.17) is 44.3 Å². The molecule has 20 heavy (non-hydrogen) atoms. The summed E-state index contributed by atoms with van der Waals surface area (Å²) in [7, 11) is 0. The third-order valence-corrected chi connectivity index (χ3v) is 3.12. The Morgan fingerprint density at radius 1 is 1.35 bits per heavy atom. The summed E-state index contributed by atoms with van der Waals surface area (Å²) < 4.78 is 8.49. The molecular weight excluding hydrogens is 326 g/mol. The van der Waals surface area contributed by atoms with Gasteiger partial charge in [-0.15, -0.1) is 0 Å². The fourth-order valence-electron chi connectivity index (χ4n) is 1.48. The number of allylic oxidation sites excluding steroid dienone is 3. The molecule has 0 aromatic rings. The van der Waals surface area contributed by atoms with Crippen LogP contribution in [0.3, 0.4) is 0 Å². The van der Waals surface area contributed by atoms with Crippen molar-refractivity contribution in [3.63, 3.8) is 0 Å². The molecule has 1 heterocycles. The monoisotopic (exact) mass is 340 g/mol. The fourth-order valence-corrected chi connectivity index (χ4v) is 1.77. The minimum absolute atomic E-state index is 0.0665. The van der Waals surface area contributed by atoms with Gasteiger partial charge in [0.2, 0.25) is 0 Å². The van der Waals surface area contributed by atoms with Gasteiger partial charge < -0.3 is 9.47 Å². The van der Waals surface area contributed by atoms with Gasteiger partial charge >= 0.3 is 5.97 Å². The van der Waals surface area contributed by atoms with E-state index in [1.54, 1.807) is 31.2 Å². The van der Waals surface area contributed by atoms with Crippen LogP contribution in [0.4, 0.5) is 0 Å². The van der Waals surface area contributed by atoms with E-state index in [-0.39, 0.29) is 5.78 Å². The quantitative estimate of drug-likeness (QED) is 0.447. The number of Topliss-reactive ketones (excluding diaryl/α,β-unsaturated/α-hetero) is 1. The number of hydrogen-bond acceptors (Lipinski definition) is 4. The van der Waals surface area contributed by atoms with Crippen molar-refractivity contribution in [3.8, 4) is 0 Å². The van der Waals surface area contributed by atoms with Crippen LogP contribution in [0.15, 0.2) is 24.3 Å². The highest BCUT2D eigenvalue weighted by atomic mass is 35.6. The Kier molecular flexibility index (Phi) is 6.52. The molecule has 1 aliphatic heterocycles. The summed E-state index contributed by atoms with van der Waals surface area (Å²) in [5, 5.41) is 0. The van der Waals surface area contributed by atoms with Crippen molar-refractivity contribution in [3.05, 3.63) is 24.3 Å². The lowest BCUT2D eigenvalue weighted by atomic mass is 10.0. The molecule has 7 heteroatoms. The number of hydrogen-bond donors (Lipinski definition) is 0. The summed E-state index contributed by atoms with van der Waals surface area (Å²) in [6, 6.07) is 0. The smallest absolute Gasteiger partial charge is 0.314 e. The Morgan fingerprint density at radius 2 is 2.00 bits per heavy atom. The highest BCUT2D eigenvalue weighted by Crippen LogP contribution is 2.37. The molecule has 0 bridgehead atoms. The number of cyclic esters (lactones) is 1. The summed E-state index contributed by atoms with van der Waals surface area (Å²) in [6.07, 6.45) is 5.29. The predicted molar refractivity (Wildman–Crippen MR) is 77.8 cm³/mol. The Labute approximate surface area is 132 Å². The average molecular weight is 342 g/mol. The second-order valence-electron chi connectivity index (χ2n) is 4.42. The van der Waals surface area contributed by atoms with Gasteiger partial charge in [0.05, 0.1) is 12.0 Å². The van der Waals surface area contributed by atoms with Crippen LogP contribution in [0.25, 0.3) is 0 Å². The van der Waals surface area contributed by atoms with Crippen LogP contribution >= 0.6 is 34.8 Å². The zero-order valence-electron chi connectivity index (χ0n) is 11.0. The highest BCUT2D eigenvalue weighted by Gasteiger charge is 2.45. The SMILES string of the molecule is CC(=O)CC=CC=CC1OC(C(Cl)(Cl)Cl)OC(=O)C1C. The van der Waals surface area contributed by atoms with E-state index in [0.29, 0.717) is 6.42 Å². The van der Waals surface area contributed by atoms with E-state index >= 15 is 0 Å². The molecule has 0 aliphatic carbocycles. The number of esters is 1. The van der Waals surface area contributed by atoms with Gasteiger partial charge in [-0.25, -0.2) is 0 Å². The van der Waals surface area contributed by atoms with Crippen molar-refractivity contribution in [2.75, 3.05) is 0 Å². The Bertz CT molecular complexity index is 426.